The van der Waals surface area contributed by atoms with Crippen LogP contribution in [0.2, 0.25) is 0 Å². The zero-order valence-electron chi connectivity index (χ0n) is 15.0. The van der Waals surface area contributed by atoms with Crippen molar-refractivity contribution in [3.8, 4) is 0 Å². The number of aromatic nitrogens is 2. The Morgan fingerprint density at radius 3 is 2.59 bits per heavy atom. The van der Waals surface area contributed by atoms with Crippen molar-refractivity contribution < 1.29 is 9.18 Å². The van der Waals surface area contributed by atoms with Crippen LogP contribution in [-0.2, 0) is 4.79 Å². The Kier molecular flexibility index (Phi) is 4.62. The number of fused-ring (bicyclic) bond motifs is 1. The van der Waals surface area contributed by atoms with Crippen LogP contribution in [0.5, 0.6) is 0 Å². The maximum atomic E-state index is 13.3. The predicted octanol–water partition coefficient (Wildman–Crippen LogP) is 4.25. The number of amides is 1. The van der Waals surface area contributed by atoms with E-state index < -0.39 is 0 Å². The molecule has 1 aliphatic heterocycles. The third-order valence-corrected chi connectivity index (χ3v) is 4.69. The highest BCUT2D eigenvalue weighted by Crippen LogP contribution is 2.34. The summed E-state index contributed by atoms with van der Waals surface area (Å²) in [7, 11) is 0. The number of hydrogen-bond acceptors (Lipinski definition) is 4. The van der Waals surface area contributed by atoms with E-state index in [2.05, 4.69) is 15.1 Å². The van der Waals surface area contributed by atoms with Crippen LogP contribution in [0.25, 0.3) is 11.0 Å². The predicted molar refractivity (Wildman–Crippen MR) is 102 cm³/mol. The number of hydrazone groups is 1. The molecule has 0 radical (unpaired) electrons. The Hall–Kier alpha value is -3.15. The van der Waals surface area contributed by atoms with Crippen LogP contribution in [0, 0.1) is 5.82 Å². The average molecular weight is 362 g/mol. The number of nitrogens with zero attached hydrogens (tertiary/aromatic N) is 4. The molecule has 2 heterocycles. The van der Waals surface area contributed by atoms with Crippen molar-refractivity contribution >= 4 is 22.7 Å². The smallest absolute Gasteiger partial charge is 0.243 e. The Morgan fingerprint density at radius 1 is 1.11 bits per heavy atom. The van der Waals surface area contributed by atoms with Gasteiger partial charge in [-0.05, 0) is 41.8 Å². The summed E-state index contributed by atoms with van der Waals surface area (Å²) >= 11 is 0. The first-order valence-electron chi connectivity index (χ1n) is 9.02. The molecule has 1 amide bonds. The van der Waals surface area contributed by atoms with E-state index in [-0.39, 0.29) is 17.8 Å². The zero-order valence-corrected chi connectivity index (χ0v) is 15.0. The first kappa shape index (κ1) is 17.3. The average Bonchev–Trinajstić information content (AvgIpc) is 3.14. The fraction of sp³-hybridized carbons (Fsp3) is 0.238. The van der Waals surface area contributed by atoms with Crippen LogP contribution in [0.3, 0.4) is 0 Å². The molecule has 6 heteroatoms. The van der Waals surface area contributed by atoms with Gasteiger partial charge in [-0.2, -0.15) is 5.10 Å². The lowest BCUT2D eigenvalue weighted by Crippen LogP contribution is -2.26. The van der Waals surface area contributed by atoms with Crippen LogP contribution < -0.4 is 0 Å². The summed E-state index contributed by atoms with van der Waals surface area (Å²) in [6, 6.07) is 11.9. The molecule has 0 bridgehead atoms. The van der Waals surface area contributed by atoms with Gasteiger partial charge in [0.2, 0.25) is 5.91 Å². The van der Waals surface area contributed by atoms with Gasteiger partial charge in [-0.25, -0.2) is 9.40 Å². The number of benzene rings is 2. The third-order valence-electron chi connectivity index (χ3n) is 4.69. The highest BCUT2D eigenvalue weighted by atomic mass is 19.1. The third kappa shape index (κ3) is 3.43. The van der Waals surface area contributed by atoms with Crippen LogP contribution in [0.15, 0.2) is 60.0 Å². The summed E-state index contributed by atoms with van der Waals surface area (Å²) in [6.07, 6.45) is 5.08. The Labute approximate surface area is 156 Å². The standard InChI is InChI=1S/C21H19FN4O/c1-2-3-21(27)26-20(13-18(25-26)14-4-7-16(22)8-5-14)15-6-9-17-19(12-15)24-11-10-23-17/h4-12,20H,2-3,13H2,1H3/t20-/m0/s1. The summed E-state index contributed by atoms with van der Waals surface area (Å²) in [5.41, 5.74) is 4.17. The molecule has 4 rings (SSSR count). The molecule has 5 nitrogen and oxygen atoms in total. The maximum absolute atomic E-state index is 13.3. The summed E-state index contributed by atoms with van der Waals surface area (Å²) in [6.45, 7) is 1.97. The fourth-order valence-corrected chi connectivity index (χ4v) is 3.33. The van der Waals surface area contributed by atoms with Gasteiger partial charge < -0.3 is 0 Å². The van der Waals surface area contributed by atoms with Crippen LogP contribution in [0.4, 0.5) is 4.39 Å². The molecule has 1 aromatic heterocycles. The summed E-state index contributed by atoms with van der Waals surface area (Å²) in [4.78, 5) is 21.3. The normalized spacial score (nSPS) is 16.6. The Bertz CT molecular complexity index is 1020. The molecule has 0 saturated carbocycles. The van der Waals surface area contributed by atoms with E-state index in [9.17, 15) is 9.18 Å². The van der Waals surface area contributed by atoms with Crippen molar-refractivity contribution in [2.75, 3.05) is 0 Å². The zero-order chi connectivity index (χ0) is 18.8. The lowest BCUT2D eigenvalue weighted by molar-refractivity contribution is -0.133. The minimum absolute atomic E-state index is 0.0149. The van der Waals surface area contributed by atoms with E-state index in [4.69, 9.17) is 0 Å². The quantitative estimate of drug-likeness (QED) is 0.697. The second kappa shape index (κ2) is 7.23. The lowest BCUT2D eigenvalue weighted by atomic mass is 9.98. The molecular formula is C21H19FN4O. The van der Waals surface area contributed by atoms with E-state index in [1.165, 1.54) is 12.1 Å². The van der Waals surface area contributed by atoms with E-state index in [0.717, 1.165) is 34.3 Å². The maximum Gasteiger partial charge on any atom is 0.243 e. The number of halogens is 1. The van der Waals surface area contributed by atoms with Crippen LogP contribution >= 0.6 is 0 Å². The second-order valence-electron chi connectivity index (χ2n) is 6.57. The van der Waals surface area contributed by atoms with Gasteiger partial charge in [0.15, 0.2) is 0 Å². The summed E-state index contributed by atoms with van der Waals surface area (Å²) in [5.74, 6) is -0.306. The molecule has 0 fully saturated rings. The molecule has 1 atom stereocenters. The number of carbonyl (C=O) groups is 1. The first-order valence-corrected chi connectivity index (χ1v) is 9.02. The van der Waals surface area contributed by atoms with Gasteiger partial charge in [-0.3, -0.25) is 14.8 Å². The van der Waals surface area contributed by atoms with Gasteiger partial charge in [-0.1, -0.05) is 25.1 Å². The van der Waals surface area contributed by atoms with E-state index >= 15 is 0 Å². The van der Waals surface area contributed by atoms with Gasteiger partial charge in [-0.15, -0.1) is 0 Å². The molecule has 0 unspecified atom stereocenters. The fourth-order valence-electron chi connectivity index (χ4n) is 3.33. The molecule has 0 spiro atoms. The second-order valence-corrected chi connectivity index (χ2v) is 6.57. The summed E-state index contributed by atoms with van der Waals surface area (Å²) in [5, 5.41) is 6.16. The monoisotopic (exact) mass is 362 g/mol. The number of carbonyl (C=O) groups excluding carboxylic acids is 1. The SMILES string of the molecule is CCCC(=O)N1N=C(c2ccc(F)cc2)C[C@H]1c1ccc2nccnc2c1. The lowest BCUT2D eigenvalue weighted by Gasteiger charge is -2.22. The first-order chi connectivity index (χ1) is 13.2. The molecule has 0 aliphatic carbocycles. The van der Waals surface area contributed by atoms with Gasteiger partial charge in [0.1, 0.15) is 5.82 Å². The van der Waals surface area contributed by atoms with Crippen molar-refractivity contribution in [1.82, 2.24) is 15.0 Å². The molecule has 0 N–H and O–H groups in total. The topological polar surface area (TPSA) is 58.5 Å². The van der Waals surface area contributed by atoms with Gasteiger partial charge in [0.25, 0.3) is 0 Å². The largest absolute Gasteiger partial charge is 0.273 e. The van der Waals surface area contributed by atoms with Crippen molar-refractivity contribution in [2.45, 2.75) is 32.2 Å². The molecule has 3 aromatic rings. The minimum Gasteiger partial charge on any atom is -0.273 e. The van der Waals surface area contributed by atoms with E-state index in [1.54, 1.807) is 29.5 Å². The van der Waals surface area contributed by atoms with Crippen LogP contribution in [-0.4, -0.2) is 26.6 Å². The highest BCUT2D eigenvalue weighted by Gasteiger charge is 2.32. The number of hydrogen-bond donors (Lipinski definition) is 0. The molecular weight excluding hydrogens is 343 g/mol. The van der Waals surface area contributed by atoms with E-state index in [1.807, 2.05) is 25.1 Å². The number of rotatable bonds is 4. The van der Waals surface area contributed by atoms with Gasteiger partial charge in [0.05, 0.1) is 22.8 Å². The van der Waals surface area contributed by atoms with Crippen molar-refractivity contribution in [3.05, 3.63) is 71.8 Å². The molecule has 136 valence electrons. The summed E-state index contributed by atoms with van der Waals surface area (Å²) < 4.78 is 13.3. The Morgan fingerprint density at radius 2 is 1.85 bits per heavy atom. The highest BCUT2D eigenvalue weighted by molar-refractivity contribution is 6.03. The van der Waals surface area contributed by atoms with Gasteiger partial charge >= 0.3 is 0 Å². The molecule has 2 aromatic carbocycles. The molecule has 1 aliphatic rings. The van der Waals surface area contributed by atoms with Gasteiger partial charge in [0, 0.05) is 25.2 Å². The Balaban J connectivity index is 1.71. The van der Waals surface area contributed by atoms with Crippen molar-refractivity contribution in [3.63, 3.8) is 0 Å². The minimum atomic E-state index is -0.291. The molecule has 27 heavy (non-hydrogen) atoms. The van der Waals surface area contributed by atoms with Crippen molar-refractivity contribution in [2.24, 2.45) is 5.10 Å². The molecule has 0 saturated heterocycles. The van der Waals surface area contributed by atoms with Crippen LogP contribution in [0.1, 0.15) is 43.4 Å². The van der Waals surface area contributed by atoms with Crippen molar-refractivity contribution in [1.29, 1.82) is 0 Å². The van der Waals surface area contributed by atoms with E-state index in [0.29, 0.717) is 12.8 Å².